The van der Waals surface area contributed by atoms with Gasteiger partial charge in [0.15, 0.2) is 0 Å². The third-order valence-corrected chi connectivity index (χ3v) is 4.57. The molecule has 0 amide bonds. The van der Waals surface area contributed by atoms with Gasteiger partial charge in [0.1, 0.15) is 4.90 Å². The molecule has 2 rings (SSSR count). The molecular weight excluding hydrogens is 260 g/mol. The number of nitrogens with zero attached hydrogens (tertiary/aromatic N) is 1. The summed E-state index contributed by atoms with van der Waals surface area (Å²) in [6, 6.07) is 4.59. The van der Waals surface area contributed by atoms with Crippen LogP contribution in [0.3, 0.4) is 0 Å². The summed E-state index contributed by atoms with van der Waals surface area (Å²) in [5, 5.41) is 10.7. The monoisotopic (exact) mass is 270 g/mol. The number of aromatic nitrogens is 1. The van der Waals surface area contributed by atoms with Gasteiger partial charge in [-0.05, 0) is 23.6 Å². The van der Waals surface area contributed by atoms with Crippen LogP contribution >= 0.6 is 11.3 Å². The Bertz CT molecular complexity index is 593. The van der Waals surface area contributed by atoms with Gasteiger partial charge in [-0.25, -0.2) is 8.42 Å². The van der Waals surface area contributed by atoms with Gasteiger partial charge in [0.25, 0.3) is 10.0 Å². The Morgan fingerprint density at radius 1 is 1.29 bits per heavy atom. The molecule has 0 spiro atoms. The molecular formula is C10H10N2O3S2. The SMILES string of the molecule is O=S(=O)(Nc1ccncc1)c1ccsc1CO. The van der Waals surface area contributed by atoms with Crippen molar-refractivity contribution in [1.29, 1.82) is 0 Å². The smallest absolute Gasteiger partial charge is 0.263 e. The number of hydrogen-bond donors (Lipinski definition) is 2. The van der Waals surface area contributed by atoms with Crippen LogP contribution in [0.15, 0.2) is 40.9 Å². The first kappa shape index (κ1) is 12.0. The number of pyridine rings is 1. The normalized spacial score (nSPS) is 11.4. The Kier molecular flexibility index (Phi) is 3.41. The second kappa shape index (κ2) is 4.82. The van der Waals surface area contributed by atoms with Gasteiger partial charge >= 0.3 is 0 Å². The fraction of sp³-hybridized carbons (Fsp3) is 0.100. The van der Waals surface area contributed by atoms with Crippen LogP contribution in [0.25, 0.3) is 0 Å². The summed E-state index contributed by atoms with van der Waals surface area (Å²) in [5.74, 6) is 0. The van der Waals surface area contributed by atoms with E-state index in [4.69, 9.17) is 5.11 Å². The number of aliphatic hydroxyl groups is 1. The van der Waals surface area contributed by atoms with Gasteiger partial charge in [-0.15, -0.1) is 11.3 Å². The molecule has 0 aliphatic rings. The molecule has 0 aliphatic heterocycles. The van der Waals surface area contributed by atoms with Crippen LogP contribution in [-0.2, 0) is 16.6 Å². The highest BCUT2D eigenvalue weighted by molar-refractivity contribution is 7.93. The maximum atomic E-state index is 12.0. The first-order valence-electron chi connectivity index (χ1n) is 4.73. The van der Waals surface area contributed by atoms with Gasteiger partial charge in [-0.3, -0.25) is 9.71 Å². The molecule has 0 aliphatic carbocycles. The molecule has 0 saturated carbocycles. The minimum atomic E-state index is -3.64. The van der Waals surface area contributed by atoms with E-state index in [1.54, 1.807) is 17.5 Å². The standard InChI is InChI=1S/C10H10N2O3S2/c13-7-9-10(3-6-16-9)17(14,15)12-8-1-4-11-5-2-8/h1-6,13H,7H2,(H,11,12). The number of thiophene rings is 1. The van der Waals surface area contributed by atoms with Crippen LogP contribution in [0.5, 0.6) is 0 Å². The quantitative estimate of drug-likeness (QED) is 0.881. The van der Waals surface area contributed by atoms with Gasteiger partial charge in [0, 0.05) is 12.4 Å². The highest BCUT2D eigenvalue weighted by Gasteiger charge is 2.19. The number of anilines is 1. The van der Waals surface area contributed by atoms with E-state index in [1.807, 2.05) is 0 Å². The first-order valence-corrected chi connectivity index (χ1v) is 7.10. The molecule has 0 saturated heterocycles. The lowest BCUT2D eigenvalue weighted by Crippen LogP contribution is -2.13. The van der Waals surface area contributed by atoms with Crippen molar-refractivity contribution in [3.05, 3.63) is 40.8 Å². The van der Waals surface area contributed by atoms with Crippen LogP contribution in [-0.4, -0.2) is 18.5 Å². The Labute approximate surface area is 103 Å². The molecule has 0 bridgehead atoms. The largest absolute Gasteiger partial charge is 0.391 e. The van der Waals surface area contributed by atoms with Crippen molar-refractivity contribution in [2.45, 2.75) is 11.5 Å². The Hall–Kier alpha value is -1.44. The number of hydrogen-bond acceptors (Lipinski definition) is 5. The van der Waals surface area contributed by atoms with E-state index in [0.29, 0.717) is 10.6 Å². The summed E-state index contributed by atoms with van der Waals surface area (Å²) < 4.78 is 26.4. The third kappa shape index (κ3) is 2.63. The third-order valence-electron chi connectivity index (χ3n) is 2.07. The van der Waals surface area contributed by atoms with E-state index < -0.39 is 10.0 Å². The Morgan fingerprint density at radius 2 is 2.00 bits per heavy atom. The highest BCUT2D eigenvalue weighted by Crippen LogP contribution is 2.23. The van der Waals surface area contributed by atoms with Crippen molar-refractivity contribution in [3.63, 3.8) is 0 Å². The molecule has 90 valence electrons. The molecule has 0 unspecified atom stereocenters. The molecule has 2 aromatic rings. The summed E-state index contributed by atoms with van der Waals surface area (Å²) in [6.45, 7) is -0.287. The number of nitrogens with one attached hydrogen (secondary N) is 1. The van der Waals surface area contributed by atoms with Gasteiger partial charge in [0.2, 0.25) is 0 Å². The zero-order valence-corrected chi connectivity index (χ0v) is 10.3. The maximum absolute atomic E-state index is 12.0. The Balaban J connectivity index is 2.32. The minimum absolute atomic E-state index is 0.113. The summed E-state index contributed by atoms with van der Waals surface area (Å²) in [6.07, 6.45) is 3.00. The average molecular weight is 270 g/mol. The second-order valence-corrected chi connectivity index (χ2v) is 5.86. The molecule has 2 aromatic heterocycles. The van der Waals surface area contributed by atoms with E-state index in [2.05, 4.69) is 9.71 Å². The lowest BCUT2D eigenvalue weighted by atomic mass is 10.4. The first-order chi connectivity index (χ1) is 8.13. The molecule has 17 heavy (non-hydrogen) atoms. The number of sulfonamides is 1. The van der Waals surface area contributed by atoms with Crippen LogP contribution in [0.1, 0.15) is 4.88 Å². The predicted octanol–water partition coefficient (Wildman–Crippen LogP) is 1.44. The number of aliphatic hydroxyl groups excluding tert-OH is 1. The lowest BCUT2D eigenvalue weighted by molar-refractivity contribution is 0.282. The van der Waals surface area contributed by atoms with E-state index in [9.17, 15) is 8.42 Å². The van der Waals surface area contributed by atoms with E-state index in [-0.39, 0.29) is 11.5 Å². The Morgan fingerprint density at radius 3 is 2.65 bits per heavy atom. The summed E-state index contributed by atoms with van der Waals surface area (Å²) in [7, 11) is -3.64. The zero-order chi connectivity index (χ0) is 12.3. The van der Waals surface area contributed by atoms with Crippen molar-refractivity contribution >= 4 is 27.0 Å². The fourth-order valence-corrected chi connectivity index (χ4v) is 3.67. The molecule has 2 heterocycles. The molecule has 2 N–H and O–H groups in total. The van der Waals surface area contributed by atoms with Crippen molar-refractivity contribution in [1.82, 2.24) is 4.98 Å². The van der Waals surface area contributed by atoms with E-state index >= 15 is 0 Å². The zero-order valence-electron chi connectivity index (χ0n) is 8.70. The molecule has 0 fully saturated rings. The van der Waals surface area contributed by atoms with Gasteiger partial charge in [-0.1, -0.05) is 0 Å². The second-order valence-electron chi connectivity index (χ2n) is 3.21. The molecule has 0 atom stereocenters. The number of rotatable bonds is 4. The molecule has 7 heteroatoms. The van der Waals surface area contributed by atoms with Gasteiger partial charge in [-0.2, -0.15) is 0 Å². The highest BCUT2D eigenvalue weighted by atomic mass is 32.2. The van der Waals surface area contributed by atoms with Crippen molar-refractivity contribution in [3.8, 4) is 0 Å². The van der Waals surface area contributed by atoms with E-state index in [0.717, 1.165) is 0 Å². The topological polar surface area (TPSA) is 79.3 Å². The summed E-state index contributed by atoms with van der Waals surface area (Å²) >= 11 is 1.21. The van der Waals surface area contributed by atoms with Crippen molar-refractivity contribution < 1.29 is 13.5 Å². The van der Waals surface area contributed by atoms with Crippen LogP contribution < -0.4 is 4.72 Å². The predicted molar refractivity (Wildman–Crippen MR) is 65.3 cm³/mol. The molecule has 0 aromatic carbocycles. The molecule has 0 radical (unpaired) electrons. The van der Waals surface area contributed by atoms with Gasteiger partial charge < -0.3 is 5.11 Å². The average Bonchev–Trinajstić information content (AvgIpc) is 2.78. The fourth-order valence-electron chi connectivity index (χ4n) is 1.31. The van der Waals surface area contributed by atoms with E-state index in [1.165, 1.54) is 29.8 Å². The van der Waals surface area contributed by atoms with Crippen LogP contribution in [0, 0.1) is 0 Å². The summed E-state index contributed by atoms with van der Waals surface area (Å²) in [4.78, 5) is 4.33. The summed E-state index contributed by atoms with van der Waals surface area (Å²) in [5.41, 5.74) is 0.440. The van der Waals surface area contributed by atoms with Crippen LogP contribution in [0.4, 0.5) is 5.69 Å². The van der Waals surface area contributed by atoms with Crippen LogP contribution in [0.2, 0.25) is 0 Å². The lowest BCUT2D eigenvalue weighted by Gasteiger charge is -2.07. The maximum Gasteiger partial charge on any atom is 0.263 e. The van der Waals surface area contributed by atoms with Crippen molar-refractivity contribution in [2.24, 2.45) is 0 Å². The van der Waals surface area contributed by atoms with Crippen molar-refractivity contribution in [2.75, 3.05) is 4.72 Å². The molecule has 5 nitrogen and oxygen atoms in total. The minimum Gasteiger partial charge on any atom is -0.391 e. The van der Waals surface area contributed by atoms with Gasteiger partial charge in [0.05, 0.1) is 17.2 Å².